The summed E-state index contributed by atoms with van der Waals surface area (Å²) in [5.41, 5.74) is 5.66. The smallest absolute Gasteiger partial charge is 0.222 e. The van der Waals surface area contributed by atoms with Crippen molar-refractivity contribution in [1.82, 2.24) is 9.97 Å². The first-order chi connectivity index (χ1) is 7.74. The molecule has 86 valence electrons. The van der Waals surface area contributed by atoms with Crippen LogP contribution in [0.4, 0.5) is 5.95 Å². The van der Waals surface area contributed by atoms with Crippen molar-refractivity contribution in [1.29, 1.82) is 0 Å². The predicted octanol–water partition coefficient (Wildman–Crippen LogP) is 1.92. The molecular weight excluding hydrogens is 242 g/mol. The Balaban J connectivity index is 2.48. The normalized spacial score (nSPS) is 11.1. The van der Waals surface area contributed by atoms with Gasteiger partial charge < -0.3 is 10.8 Å². The zero-order valence-electron chi connectivity index (χ0n) is 8.93. The molecule has 2 rings (SSSR count). The maximum atomic E-state index is 8.83. The van der Waals surface area contributed by atoms with Crippen molar-refractivity contribution in [3.63, 3.8) is 0 Å². The minimum atomic E-state index is 0.140. The molecule has 0 unspecified atom stereocenters. The van der Waals surface area contributed by atoms with Gasteiger partial charge >= 0.3 is 0 Å². The summed E-state index contributed by atoms with van der Waals surface area (Å²) in [7, 11) is 0. The second kappa shape index (κ2) is 4.99. The quantitative estimate of drug-likeness (QED) is 0.645. The van der Waals surface area contributed by atoms with E-state index >= 15 is 0 Å². The lowest BCUT2D eigenvalue weighted by atomic mass is 10.3. The number of aliphatic hydroxyl groups excluding tert-OH is 1. The molecule has 4 nitrogen and oxygen atoms in total. The summed E-state index contributed by atoms with van der Waals surface area (Å²) in [6, 6.07) is 2.11. The summed E-state index contributed by atoms with van der Waals surface area (Å²) < 4.78 is 0. The molecular formula is C10H13N3OS2. The first kappa shape index (κ1) is 11.6. The van der Waals surface area contributed by atoms with Crippen LogP contribution in [0.5, 0.6) is 0 Å². The topological polar surface area (TPSA) is 72.0 Å². The van der Waals surface area contributed by atoms with Gasteiger partial charge in [-0.2, -0.15) is 0 Å². The fourth-order valence-corrected chi connectivity index (χ4v) is 3.18. The van der Waals surface area contributed by atoms with Crippen LogP contribution in [0, 0.1) is 0 Å². The van der Waals surface area contributed by atoms with Gasteiger partial charge in [-0.1, -0.05) is 6.92 Å². The Morgan fingerprint density at radius 3 is 3.00 bits per heavy atom. The molecule has 0 radical (unpaired) electrons. The van der Waals surface area contributed by atoms with E-state index in [-0.39, 0.29) is 6.61 Å². The molecule has 0 aliphatic heterocycles. The van der Waals surface area contributed by atoms with E-state index in [9.17, 15) is 0 Å². The number of nitrogens with two attached hydrogens (primary N) is 1. The van der Waals surface area contributed by atoms with Crippen molar-refractivity contribution in [2.75, 3.05) is 18.1 Å². The minimum Gasteiger partial charge on any atom is -0.396 e. The van der Waals surface area contributed by atoms with E-state index in [4.69, 9.17) is 10.8 Å². The first-order valence-electron chi connectivity index (χ1n) is 5.04. The van der Waals surface area contributed by atoms with Gasteiger partial charge in [-0.25, -0.2) is 9.97 Å². The molecule has 0 aliphatic rings. The minimum absolute atomic E-state index is 0.140. The number of aryl methyl sites for hydroxylation is 1. The molecule has 0 saturated carbocycles. The summed E-state index contributed by atoms with van der Waals surface area (Å²) in [6.07, 6.45) is 0.991. The number of hydrogen-bond acceptors (Lipinski definition) is 6. The summed E-state index contributed by atoms with van der Waals surface area (Å²) in [5.74, 6) is 0.931. The number of fused-ring (bicyclic) bond motifs is 1. The molecule has 16 heavy (non-hydrogen) atoms. The molecule has 0 atom stereocenters. The Morgan fingerprint density at radius 1 is 1.50 bits per heavy atom. The van der Waals surface area contributed by atoms with Gasteiger partial charge in [-0.3, -0.25) is 0 Å². The Bertz CT molecular complexity index is 498. The number of anilines is 1. The van der Waals surface area contributed by atoms with Crippen molar-refractivity contribution in [3.05, 3.63) is 10.9 Å². The van der Waals surface area contributed by atoms with E-state index in [2.05, 4.69) is 23.0 Å². The first-order valence-corrected chi connectivity index (χ1v) is 6.84. The van der Waals surface area contributed by atoms with Gasteiger partial charge in [0.1, 0.15) is 9.86 Å². The highest BCUT2D eigenvalue weighted by molar-refractivity contribution is 7.99. The lowest BCUT2D eigenvalue weighted by molar-refractivity contribution is 0.322. The van der Waals surface area contributed by atoms with Crippen molar-refractivity contribution < 1.29 is 5.11 Å². The number of thiophene rings is 1. The van der Waals surface area contributed by atoms with Crippen molar-refractivity contribution in [2.24, 2.45) is 0 Å². The van der Waals surface area contributed by atoms with Crippen LogP contribution in [0.2, 0.25) is 0 Å². The number of hydrogen-bond donors (Lipinski definition) is 2. The van der Waals surface area contributed by atoms with Crippen LogP contribution in [0.25, 0.3) is 10.2 Å². The lowest BCUT2D eigenvalue weighted by Crippen LogP contribution is -1.96. The van der Waals surface area contributed by atoms with Crippen molar-refractivity contribution >= 4 is 39.3 Å². The SMILES string of the molecule is CCc1cc2c(SCCO)nc(N)nc2s1. The van der Waals surface area contributed by atoms with Crippen LogP contribution in [-0.2, 0) is 6.42 Å². The second-order valence-corrected chi connectivity index (χ2v) is 5.44. The van der Waals surface area contributed by atoms with E-state index in [1.807, 2.05) is 0 Å². The van der Waals surface area contributed by atoms with Gasteiger partial charge in [0.15, 0.2) is 0 Å². The maximum Gasteiger partial charge on any atom is 0.222 e. The van der Waals surface area contributed by atoms with E-state index in [0.29, 0.717) is 11.7 Å². The fraction of sp³-hybridized carbons (Fsp3) is 0.400. The molecule has 0 aromatic carbocycles. The summed E-state index contributed by atoms with van der Waals surface area (Å²) in [4.78, 5) is 10.6. The summed E-state index contributed by atoms with van der Waals surface area (Å²) in [5, 5.41) is 10.7. The maximum absolute atomic E-state index is 8.83. The molecule has 0 spiro atoms. The highest BCUT2D eigenvalue weighted by Gasteiger charge is 2.10. The molecule has 2 heterocycles. The molecule has 6 heteroatoms. The fourth-order valence-electron chi connectivity index (χ4n) is 1.39. The molecule has 0 amide bonds. The Morgan fingerprint density at radius 2 is 2.31 bits per heavy atom. The largest absolute Gasteiger partial charge is 0.396 e. The van der Waals surface area contributed by atoms with Crippen LogP contribution < -0.4 is 5.73 Å². The standard InChI is InChI=1S/C10H13N3OS2/c1-2-6-5-7-8(15-4-3-14)12-10(11)13-9(7)16-6/h5,14H,2-4H2,1H3,(H2,11,12,13). The van der Waals surface area contributed by atoms with Crippen LogP contribution in [0.15, 0.2) is 11.1 Å². The molecule has 0 aliphatic carbocycles. The van der Waals surface area contributed by atoms with E-state index < -0.39 is 0 Å². The number of nitrogens with zero attached hydrogens (tertiary/aromatic N) is 2. The van der Waals surface area contributed by atoms with Gasteiger partial charge in [0, 0.05) is 16.0 Å². The summed E-state index contributed by atoms with van der Waals surface area (Å²) >= 11 is 3.17. The van der Waals surface area contributed by atoms with Gasteiger partial charge in [-0.15, -0.1) is 23.1 Å². The van der Waals surface area contributed by atoms with Gasteiger partial charge in [0.05, 0.1) is 6.61 Å². The van der Waals surface area contributed by atoms with E-state index in [0.717, 1.165) is 21.7 Å². The summed E-state index contributed by atoms with van der Waals surface area (Å²) in [6.45, 7) is 2.25. The number of aromatic nitrogens is 2. The van der Waals surface area contributed by atoms with Crippen molar-refractivity contribution in [3.8, 4) is 0 Å². The molecule has 2 aromatic rings. The predicted molar refractivity (Wildman–Crippen MR) is 69.0 cm³/mol. The van der Waals surface area contributed by atoms with E-state index in [1.54, 1.807) is 11.3 Å². The van der Waals surface area contributed by atoms with Crippen LogP contribution in [0.3, 0.4) is 0 Å². The Hall–Kier alpha value is -0.850. The monoisotopic (exact) mass is 255 g/mol. The highest BCUT2D eigenvalue weighted by Crippen LogP contribution is 2.31. The third-order valence-corrected chi connectivity index (χ3v) is 4.25. The lowest BCUT2D eigenvalue weighted by Gasteiger charge is -2.01. The molecule has 0 fully saturated rings. The Kier molecular flexibility index (Phi) is 3.63. The van der Waals surface area contributed by atoms with E-state index in [1.165, 1.54) is 16.6 Å². The average Bonchev–Trinajstić information content (AvgIpc) is 2.68. The number of thioether (sulfide) groups is 1. The third kappa shape index (κ3) is 2.28. The third-order valence-electron chi connectivity index (χ3n) is 2.10. The van der Waals surface area contributed by atoms with Crippen LogP contribution >= 0.6 is 23.1 Å². The van der Waals surface area contributed by atoms with Crippen molar-refractivity contribution in [2.45, 2.75) is 18.4 Å². The van der Waals surface area contributed by atoms with Gasteiger partial charge in [0.2, 0.25) is 5.95 Å². The van der Waals surface area contributed by atoms with Gasteiger partial charge in [-0.05, 0) is 12.5 Å². The second-order valence-electron chi connectivity index (χ2n) is 3.24. The zero-order chi connectivity index (χ0) is 11.5. The number of rotatable bonds is 4. The number of aliphatic hydroxyl groups is 1. The number of nitrogen functional groups attached to an aromatic ring is 1. The molecule has 2 aromatic heterocycles. The highest BCUT2D eigenvalue weighted by atomic mass is 32.2. The van der Waals surface area contributed by atoms with Crippen LogP contribution in [-0.4, -0.2) is 27.4 Å². The van der Waals surface area contributed by atoms with Crippen LogP contribution in [0.1, 0.15) is 11.8 Å². The zero-order valence-corrected chi connectivity index (χ0v) is 10.6. The Labute approximate surface area is 102 Å². The molecule has 0 saturated heterocycles. The molecule has 3 N–H and O–H groups in total. The van der Waals surface area contributed by atoms with Gasteiger partial charge in [0.25, 0.3) is 0 Å². The molecule has 0 bridgehead atoms. The average molecular weight is 255 g/mol.